The van der Waals surface area contributed by atoms with Crippen molar-refractivity contribution in [1.82, 2.24) is 5.32 Å². The molecule has 0 aliphatic heterocycles. The summed E-state index contributed by atoms with van der Waals surface area (Å²) in [6.45, 7) is 2.72. The summed E-state index contributed by atoms with van der Waals surface area (Å²) in [5.41, 5.74) is 1.11. The van der Waals surface area contributed by atoms with Crippen molar-refractivity contribution in [3.05, 3.63) is 54.1 Å². The van der Waals surface area contributed by atoms with Gasteiger partial charge in [-0.25, -0.2) is 0 Å². The Hall–Kier alpha value is -3.08. The van der Waals surface area contributed by atoms with Crippen molar-refractivity contribution in [2.45, 2.75) is 13.0 Å². The Morgan fingerprint density at radius 1 is 1.26 bits per heavy atom. The minimum Gasteiger partial charge on any atom is -0.508 e. The van der Waals surface area contributed by atoms with Gasteiger partial charge in [0.15, 0.2) is 0 Å². The van der Waals surface area contributed by atoms with E-state index in [1.807, 2.05) is 6.07 Å². The van der Waals surface area contributed by atoms with Crippen LogP contribution in [0.2, 0.25) is 0 Å². The van der Waals surface area contributed by atoms with Gasteiger partial charge in [0.05, 0.1) is 5.56 Å². The molecule has 3 N–H and O–H groups in total. The van der Waals surface area contributed by atoms with Crippen LogP contribution in [-0.2, 0) is 4.79 Å². The number of hydrogen-bond acceptors (Lipinski definition) is 6. The molecule has 0 aliphatic carbocycles. The van der Waals surface area contributed by atoms with Crippen LogP contribution in [0.3, 0.4) is 0 Å². The van der Waals surface area contributed by atoms with Crippen molar-refractivity contribution in [1.29, 1.82) is 5.26 Å². The lowest BCUT2D eigenvalue weighted by molar-refractivity contribution is -0.116. The number of aromatic hydroxyl groups is 1. The van der Waals surface area contributed by atoms with E-state index in [4.69, 9.17) is 10.00 Å². The standard InChI is InChI=1S/C20H23N3O4/c1-15(24)23(17-6-8-18(25)9-7-17)11-10-22-13-19(26)14-27-20-5-3-2-4-16(20)12-21/h2-9,19,22,25-26H,10-11,13-14H2,1H3. The molecule has 1 unspecified atom stereocenters. The zero-order chi connectivity index (χ0) is 19.6. The second-order valence-electron chi connectivity index (χ2n) is 5.96. The van der Waals surface area contributed by atoms with E-state index in [-0.39, 0.29) is 24.8 Å². The summed E-state index contributed by atoms with van der Waals surface area (Å²) in [7, 11) is 0. The SMILES string of the molecule is CC(=O)N(CCNCC(O)COc1ccccc1C#N)c1ccc(O)cc1. The minimum absolute atomic E-state index is 0.0556. The summed E-state index contributed by atoms with van der Waals surface area (Å²) in [6.07, 6.45) is -0.754. The number of phenols is 1. The van der Waals surface area contributed by atoms with E-state index in [1.54, 1.807) is 41.3 Å². The molecule has 27 heavy (non-hydrogen) atoms. The molecule has 0 heterocycles. The number of amides is 1. The van der Waals surface area contributed by atoms with Crippen LogP contribution in [0.15, 0.2) is 48.5 Å². The molecule has 7 nitrogen and oxygen atoms in total. The predicted molar refractivity (Wildman–Crippen MR) is 102 cm³/mol. The Kier molecular flexibility index (Phi) is 7.62. The molecule has 142 valence electrons. The van der Waals surface area contributed by atoms with Gasteiger partial charge in [0, 0.05) is 32.2 Å². The van der Waals surface area contributed by atoms with Gasteiger partial charge in [-0.15, -0.1) is 0 Å². The first-order chi connectivity index (χ1) is 13.0. The molecule has 0 aromatic heterocycles. The molecule has 1 amide bonds. The highest BCUT2D eigenvalue weighted by Crippen LogP contribution is 2.18. The molecule has 1 atom stereocenters. The number of nitrogens with zero attached hydrogens (tertiary/aromatic N) is 2. The van der Waals surface area contributed by atoms with E-state index >= 15 is 0 Å². The lowest BCUT2D eigenvalue weighted by Gasteiger charge is -2.22. The number of para-hydroxylation sites is 1. The Balaban J connectivity index is 1.75. The average Bonchev–Trinajstić information content (AvgIpc) is 2.67. The summed E-state index contributed by atoms with van der Waals surface area (Å²) in [5, 5.41) is 31.5. The van der Waals surface area contributed by atoms with Gasteiger partial charge in [0.25, 0.3) is 0 Å². The summed E-state index contributed by atoms with van der Waals surface area (Å²) in [5.74, 6) is 0.468. The maximum Gasteiger partial charge on any atom is 0.223 e. The van der Waals surface area contributed by atoms with Crippen molar-refractivity contribution in [3.8, 4) is 17.6 Å². The van der Waals surface area contributed by atoms with Gasteiger partial charge in [-0.1, -0.05) is 12.1 Å². The number of nitrogens with one attached hydrogen (secondary N) is 1. The first-order valence-electron chi connectivity index (χ1n) is 8.59. The summed E-state index contributed by atoms with van der Waals surface area (Å²) >= 11 is 0. The Morgan fingerprint density at radius 2 is 1.96 bits per heavy atom. The molecule has 2 aromatic rings. The third-order valence-electron chi connectivity index (χ3n) is 3.87. The Bertz CT molecular complexity index is 787. The van der Waals surface area contributed by atoms with E-state index < -0.39 is 6.10 Å². The van der Waals surface area contributed by atoms with Crippen LogP contribution in [0.5, 0.6) is 11.5 Å². The highest BCUT2D eigenvalue weighted by atomic mass is 16.5. The molecule has 0 spiro atoms. The fourth-order valence-electron chi connectivity index (χ4n) is 2.49. The number of aliphatic hydroxyl groups is 1. The normalized spacial score (nSPS) is 11.4. The molecule has 0 radical (unpaired) electrons. The van der Waals surface area contributed by atoms with E-state index in [9.17, 15) is 15.0 Å². The first-order valence-corrected chi connectivity index (χ1v) is 8.59. The fraction of sp³-hybridized carbons (Fsp3) is 0.300. The summed E-state index contributed by atoms with van der Waals surface area (Å²) in [6, 6.07) is 15.3. The summed E-state index contributed by atoms with van der Waals surface area (Å²) < 4.78 is 5.49. The van der Waals surface area contributed by atoms with Gasteiger partial charge in [0.1, 0.15) is 30.3 Å². The van der Waals surface area contributed by atoms with Crippen molar-refractivity contribution >= 4 is 11.6 Å². The molecule has 0 fully saturated rings. The van der Waals surface area contributed by atoms with Crippen LogP contribution in [0.25, 0.3) is 0 Å². The Labute approximate surface area is 158 Å². The number of anilines is 1. The lowest BCUT2D eigenvalue weighted by atomic mass is 10.2. The van der Waals surface area contributed by atoms with Crippen LogP contribution in [0.1, 0.15) is 12.5 Å². The molecule has 0 aliphatic rings. The third kappa shape index (κ3) is 6.29. The number of phenolic OH excluding ortho intramolecular Hbond substituents is 1. The molecule has 0 bridgehead atoms. The lowest BCUT2D eigenvalue weighted by Crippen LogP contribution is -2.39. The molecule has 7 heteroatoms. The second kappa shape index (κ2) is 10.2. The molecular weight excluding hydrogens is 346 g/mol. The van der Waals surface area contributed by atoms with E-state index in [0.29, 0.717) is 30.1 Å². The molecule has 2 aromatic carbocycles. The van der Waals surface area contributed by atoms with E-state index in [1.165, 1.54) is 19.1 Å². The topological polar surface area (TPSA) is 106 Å². The average molecular weight is 369 g/mol. The number of carbonyl (C=O) groups excluding carboxylic acids is 1. The number of carbonyl (C=O) groups is 1. The maximum atomic E-state index is 11.8. The van der Waals surface area contributed by atoms with Crippen molar-refractivity contribution < 1.29 is 19.7 Å². The van der Waals surface area contributed by atoms with Gasteiger partial charge >= 0.3 is 0 Å². The quantitative estimate of drug-likeness (QED) is 0.581. The molecular formula is C20H23N3O4. The maximum absolute atomic E-state index is 11.8. The molecule has 2 rings (SSSR count). The predicted octanol–water partition coefficient (Wildman–Crippen LogP) is 1.65. The number of rotatable bonds is 9. The van der Waals surface area contributed by atoms with Gasteiger partial charge < -0.3 is 25.2 Å². The van der Waals surface area contributed by atoms with E-state index in [2.05, 4.69) is 5.32 Å². The number of hydrogen-bond donors (Lipinski definition) is 3. The zero-order valence-corrected chi connectivity index (χ0v) is 15.1. The number of aliphatic hydroxyl groups excluding tert-OH is 1. The second-order valence-corrected chi connectivity index (χ2v) is 5.96. The smallest absolute Gasteiger partial charge is 0.223 e. The largest absolute Gasteiger partial charge is 0.508 e. The van der Waals surface area contributed by atoms with Crippen molar-refractivity contribution in [2.24, 2.45) is 0 Å². The van der Waals surface area contributed by atoms with Crippen LogP contribution in [0.4, 0.5) is 5.69 Å². The fourth-order valence-corrected chi connectivity index (χ4v) is 2.49. The van der Waals surface area contributed by atoms with Crippen LogP contribution >= 0.6 is 0 Å². The van der Waals surface area contributed by atoms with Crippen LogP contribution < -0.4 is 15.0 Å². The monoisotopic (exact) mass is 369 g/mol. The van der Waals surface area contributed by atoms with Crippen LogP contribution in [-0.4, -0.2) is 48.5 Å². The minimum atomic E-state index is -0.754. The first kappa shape index (κ1) is 20.2. The molecule has 0 saturated carbocycles. The summed E-state index contributed by atoms with van der Waals surface area (Å²) in [4.78, 5) is 13.4. The van der Waals surface area contributed by atoms with Gasteiger partial charge in [-0.05, 0) is 36.4 Å². The molecule has 0 saturated heterocycles. The number of benzene rings is 2. The third-order valence-corrected chi connectivity index (χ3v) is 3.87. The highest BCUT2D eigenvalue weighted by Gasteiger charge is 2.12. The zero-order valence-electron chi connectivity index (χ0n) is 15.1. The van der Waals surface area contributed by atoms with Gasteiger partial charge in [0.2, 0.25) is 5.91 Å². The van der Waals surface area contributed by atoms with E-state index in [0.717, 1.165) is 0 Å². The van der Waals surface area contributed by atoms with Crippen LogP contribution in [0, 0.1) is 11.3 Å². The van der Waals surface area contributed by atoms with Gasteiger partial charge in [-0.2, -0.15) is 5.26 Å². The Morgan fingerprint density at radius 3 is 2.63 bits per heavy atom. The van der Waals surface area contributed by atoms with Crippen molar-refractivity contribution in [2.75, 3.05) is 31.1 Å². The number of nitriles is 1. The van der Waals surface area contributed by atoms with Crippen molar-refractivity contribution in [3.63, 3.8) is 0 Å². The van der Waals surface area contributed by atoms with Gasteiger partial charge in [-0.3, -0.25) is 4.79 Å². The number of ether oxygens (including phenoxy) is 1. The highest BCUT2D eigenvalue weighted by molar-refractivity contribution is 5.91.